The number of rotatable bonds is 57. The van der Waals surface area contributed by atoms with Crippen LogP contribution >= 0.6 is 0 Å². The highest BCUT2D eigenvalue weighted by atomic mass is 16.5. The summed E-state index contributed by atoms with van der Waals surface area (Å²) in [7, 11) is 0. The second kappa shape index (κ2) is 48.4. The Balaban J connectivity index is 1.18. The van der Waals surface area contributed by atoms with Crippen LogP contribution in [0.4, 0.5) is 9.59 Å². The van der Waals surface area contributed by atoms with E-state index in [1.54, 1.807) is 0 Å². The predicted octanol–water partition coefficient (Wildman–Crippen LogP) is 20.6. The van der Waals surface area contributed by atoms with Gasteiger partial charge in [-0.3, -0.25) is 20.4 Å². The van der Waals surface area contributed by atoms with Crippen LogP contribution in [0.1, 0.15) is 316 Å². The highest BCUT2D eigenvalue weighted by Crippen LogP contribution is 2.43. The number of unbranched alkanes of at least 4 members (excludes halogenated alkanes) is 3. The Morgan fingerprint density at radius 3 is 0.824 bits per heavy atom. The summed E-state index contributed by atoms with van der Waals surface area (Å²) in [6, 6.07) is 7.63. The summed E-state index contributed by atoms with van der Waals surface area (Å²) >= 11 is 0. The molecule has 4 amide bonds. The number of nitrogens with two attached hydrogens (primary N) is 2. The van der Waals surface area contributed by atoms with Crippen LogP contribution in [0.3, 0.4) is 0 Å². The Morgan fingerprint density at radius 1 is 0.343 bits per heavy atom. The number of amides is 4. The van der Waals surface area contributed by atoms with E-state index >= 15 is 0 Å². The Hall–Kier alpha value is -6.34. The van der Waals surface area contributed by atoms with Gasteiger partial charge in [-0.15, -0.1) is 0 Å². The summed E-state index contributed by atoms with van der Waals surface area (Å²) < 4.78 is 41.1. The number of hydrogen-bond acceptors (Lipinski definition) is 16. The molecule has 4 heterocycles. The fourth-order valence-electron chi connectivity index (χ4n) is 14.6. The van der Waals surface area contributed by atoms with Crippen LogP contribution in [0.25, 0.3) is 0 Å². The van der Waals surface area contributed by atoms with E-state index in [9.17, 15) is 9.59 Å². The number of benzene rings is 2. The minimum atomic E-state index is -0.761. The SMILES string of the molecule is CC(C)CCC[C@H](C)CCOc1cc(C2=NC(N)=NC3NC(=O)N(CCCCCCN4CN5C(c6cc(OCC[C@@H](C)CCCC(C)C)c(OCC[C@@H](C)CCCC(C)C)c(OCC[C@@H](C)CCCC(C)C)c6)=NC(N)=NC5NC4=O)CN23)cc(OCC[C@@H](C)CCCC(C)C)c1OCC[C@@H](C)CCCC(C)C. The van der Waals surface area contributed by atoms with Gasteiger partial charge in [0.05, 0.1) is 53.0 Å². The van der Waals surface area contributed by atoms with Crippen molar-refractivity contribution < 1.29 is 38.0 Å². The largest absolute Gasteiger partial charge is 0.490 e. The molecule has 4 aliphatic heterocycles. The number of aliphatic imine (C=N–C) groups is 4. The molecule has 614 valence electrons. The van der Waals surface area contributed by atoms with Crippen LogP contribution in [0, 0.1) is 71.0 Å². The fourth-order valence-corrected chi connectivity index (χ4v) is 14.6. The summed E-state index contributed by atoms with van der Waals surface area (Å²) in [5, 5.41) is 6.25. The molecule has 2 unspecified atom stereocenters. The van der Waals surface area contributed by atoms with Crippen molar-refractivity contribution in [3.8, 4) is 34.5 Å². The lowest BCUT2D eigenvalue weighted by atomic mass is 9.97. The smallest absolute Gasteiger partial charge is 0.321 e. The maximum absolute atomic E-state index is 14.0. The van der Waals surface area contributed by atoms with E-state index in [2.05, 4.69) is 145 Å². The first-order chi connectivity index (χ1) is 51.6. The molecule has 0 aliphatic carbocycles. The Labute approximate surface area is 656 Å². The van der Waals surface area contributed by atoms with Crippen LogP contribution in [0.15, 0.2) is 44.2 Å². The van der Waals surface area contributed by atoms with Crippen LogP contribution in [0.5, 0.6) is 34.5 Å². The molecule has 2 fully saturated rings. The second-order valence-electron chi connectivity index (χ2n) is 35.7. The lowest BCUT2D eigenvalue weighted by Gasteiger charge is -2.43. The number of carbonyl (C=O) groups is 2. The van der Waals surface area contributed by atoms with E-state index in [1.807, 2.05) is 43.9 Å². The van der Waals surface area contributed by atoms with Crippen LogP contribution in [0.2, 0.25) is 0 Å². The second-order valence-corrected chi connectivity index (χ2v) is 35.7. The summed E-state index contributed by atoms with van der Waals surface area (Å²) in [6.07, 6.45) is 28.5. The number of hydrogen-bond donors (Lipinski definition) is 4. The maximum atomic E-state index is 14.0. The molecule has 0 spiro atoms. The molecule has 8 atom stereocenters. The summed E-state index contributed by atoms with van der Waals surface area (Å²) in [6.45, 7) is 46.1. The van der Waals surface area contributed by atoms with Gasteiger partial charge in [-0.25, -0.2) is 19.6 Å². The number of guanidine groups is 2. The van der Waals surface area contributed by atoms with Crippen molar-refractivity contribution in [1.29, 1.82) is 0 Å². The van der Waals surface area contributed by atoms with Crippen LogP contribution in [-0.2, 0) is 0 Å². The van der Waals surface area contributed by atoms with Gasteiger partial charge < -0.3 is 49.7 Å². The van der Waals surface area contributed by atoms with Gasteiger partial charge in [0, 0.05) is 24.2 Å². The van der Waals surface area contributed by atoms with E-state index in [4.69, 9.17) is 49.9 Å². The minimum Gasteiger partial charge on any atom is -0.490 e. The lowest BCUT2D eigenvalue weighted by Crippen LogP contribution is -2.64. The van der Waals surface area contributed by atoms with Crippen molar-refractivity contribution in [2.45, 2.75) is 317 Å². The van der Waals surface area contributed by atoms with Crippen molar-refractivity contribution >= 4 is 35.7 Å². The predicted molar refractivity (Wildman–Crippen MR) is 447 cm³/mol. The first-order valence-electron chi connectivity index (χ1n) is 43.2. The van der Waals surface area contributed by atoms with E-state index < -0.39 is 12.6 Å². The number of urea groups is 2. The first kappa shape index (κ1) is 90.5. The fraction of sp³-hybridized carbons (Fsp3) is 0.795. The van der Waals surface area contributed by atoms with Gasteiger partial charge >= 0.3 is 12.1 Å². The number of amidine groups is 2. The number of nitrogens with zero attached hydrogens (tertiary/aromatic N) is 8. The van der Waals surface area contributed by atoms with Crippen molar-refractivity contribution in [3.05, 3.63) is 35.4 Å². The third kappa shape index (κ3) is 33.3. The normalized spacial score (nSPS) is 17.8. The van der Waals surface area contributed by atoms with E-state index in [0.717, 1.165) is 114 Å². The van der Waals surface area contributed by atoms with E-state index in [0.29, 0.717) is 170 Å². The van der Waals surface area contributed by atoms with Crippen LogP contribution in [-0.4, -0.2) is 134 Å². The molecule has 2 aromatic rings. The molecule has 20 heteroatoms. The number of ether oxygens (including phenoxy) is 6. The third-order valence-electron chi connectivity index (χ3n) is 22.0. The van der Waals surface area contributed by atoms with Crippen LogP contribution < -0.4 is 50.5 Å². The molecule has 2 aromatic carbocycles. The van der Waals surface area contributed by atoms with Gasteiger partial charge in [-0.2, -0.15) is 9.98 Å². The Morgan fingerprint density at radius 2 is 0.583 bits per heavy atom. The maximum Gasteiger partial charge on any atom is 0.321 e. The molecule has 0 bridgehead atoms. The average molecular weight is 1510 g/mol. The zero-order valence-corrected chi connectivity index (χ0v) is 71.3. The molecular weight excluding hydrogens is 1350 g/mol. The quantitative estimate of drug-likeness (QED) is 0.0454. The van der Waals surface area contributed by atoms with Crippen molar-refractivity contribution in [1.82, 2.24) is 30.2 Å². The van der Waals surface area contributed by atoms with Gasteiger partial charge in [-0.05, 0) is 147 Å². The number of fused-ring (bicyclic) bond motifs is 2. The number of carbonyl (C=O) groups excluding carboxylic acids is 2. The third-order valence-corrected chi connectivity index (χ3v) is 22.0. The van der Waals surface area contributed by atoms with Gasteiger partial charge in [-0.1, -0.05) is 253 Å². The Bertz CT molecular complexity index is 2770. The molecule has 4 aliphatic rings. The standard InChI is InChI=1S/C88H154N12O8/c1-61(2)29-23-35-67(13)41-49-103-75-55-73(56-76(104-50-42-68(14)36-24-30-62(3)4)79(75)107-53-45-71(17)39-27-33-65(9)10)81-91-83(89)93-85-95-87(101)97(59-99(81)85)47-21-19-20-22-48-98-60-100-82(92-84(90)94-86(100)96-88(98)102)74-57-77(105-51-43-69(15)37-25-31-63(5)6)80(108-54-46-72(18)40-28-34-66(11)12)78(58-74)106-52-44-70(16)38-26-32-64(7)8/h55-58,61-72,85-86H,19-54,59-60H2,1-18H3,(H2,89,93)(H2,90,94)(H,95,101)(H,96,102)/t67-,68-,69-,70-,71-,72-,85?,86?/m0/s1. The summed E-state index contributed by atoms with van der Waals surface area (Å²) in [5.41, 5.74) is 14.6. The van der Waals surface area contributed by atoms with E-state index in [-0.39, 0.29) is 37.3 Å². The van der Waals surface area contributed by atoms with Crippen molar-refractivity contribution in [2.75, 3.05) is 66.1 Å². The molecule has 20 nitrogen and oxygen atoms in total. The van der Waals surface area contributed by atoms with Gasteiger partial charge in [0.2, 0.25) is 36.0 Å². The van der Waals surface area contributed by atoms with Gasteiger partial charge in [0.25, 0.3) is 0 Å². The minimum absolute atomic E-state index is 0.0769. The lowest BCUT2D eigenvalue weighted by molar-refractivity contribution is 0.103. The molecular formula is C88H154N12O8. The molecule has 0 saturated carbocycles. The van der Waals surface area contributed by atoms with Crippen molar-refractivity contribution in [3.63, 3.8) is 0 Å². The van der Waals surface area contributed by atoms with Crippen molar-refractivity contribution in [2.24, 2.45) is 102 Å². The molecule has 108 heavy (non-hydrogen) atoms. The molecule has 0 aromatic heterocycles. The molecule has 6 N–H and O–H groups in total. The zero-order valence-electron chi connectivity index (χ0n) is 71.3. The Kier molecular flexibility index (Phi) is 40.6. The first-order valence-corrected chi connectivity index (χ1v) is 43.2. The summed E-state index contributed by atoms with van der Waals surface area (Å²) in [4.78, 5) is 54.8. The van der Waals surface area contributed by atoms with Gasteiger partial charge in [0.1, 0.15) is 11.7 Å². The topological polar surface area (TPSA) is 228 Å². The monoisotopic (exact) mass is 1510 g/mol. The highest BCUT2D eigenvalue weighted by Gasteiger charge is 2.39. The molecule has 2 saturated heterocycles. The average Bonchev–Trinajstić information content (AvgIpc) is 0.774. The zero-order chi connectivity index (χ0) is 78.7. The summed E-state index contributed by atoms with van der Waals surface area (Å²) in [5.74, 6) is 12.0. The number of nitrogens with one attached hydrogen (secondary N) is 2. The van der Waals surface area contributed by atoms with Gasteiger partial charge in [0.15, 0.2) is 23.0 Å². The molecule has 0 radical (unpaired) electrons. The van der Waals surface area contributed by atoms with E-state index in [1.165, 1.54) is 77.0 Å². The molecule has 6 rings (SSSR count). The highest BCUT2D eigenvalue weighted by molar-refractivity contribution is 6.09.